The number of rotatable bonds is 4. The topological polar surface area (TPSA) is 26.3 Å². The van der Waals surface area contributed by atoms with E-state index < -0.39 is 0 Å². The van der Waals surface area contributed by atoms with Gasteiger partial charge in [0.2, 0.25) is 0 Å². The monoisotopic (exact) mass is 169 g/mol. The molecule has 1 aliphatic rings. The van der Waals surface area contributed by atoms with Gasteiger partial charge in [-0.2, -0.15) is 0 Å². The number of ether oxygens (including phenoxy) is 1. The van der Waals surface area contributed by atoms with Gasteiger partial charge >= 0.3 is 6.47 Å². The van der Waals surface area contributed by atoms with Gasteiger partial charge in [0.15, 0.2) is 0 Å². The number of hydrogen-bond acceptors (Lipinski definition) is 2. The van der Waals surface area contributed by atoms with E-state index in [-0.39, 0.29) is 6.10 Å². The molecule has 0 aromatic heterocycles. The highest BCUT2D eigenvalue weighted by Gasteiger charge is 2.23. The predicted molar refractivity (Wildman–Crippen MR) is 47.4 cm³/mol. The summed E-state index contributed by atoms with van der Waals surface area (Å²) in [5, 5.41) is 0. The summed E-state index contributed by atoms with van der Waals surface area (Å²) >= 11 is 0. The van der Waals surface area contributed by atoms with Crippen molar-refractivity contribution in [3.63, 3.8) is 0 Å². The fourth-order valence-electron chi connectivity index (χ4n) is 2.08. The van der Waals surface area contributed by atoms with Crippen molar-refractivity contribution in [3.05, 3.63) is 0 Å². The number of carbonyl (C=O) groups excluding carboxylic acids is 1. The van der Waals surface area contributed by atoms with Crippen LogP contribution in [-0.4, -0.2) is 12.6 Å². The summed E-state index contributed by atoms with van der Waals surface area (Å²) in [4.78, 5) is 10.1. The third-order valence-corrected chi connectivity index (χ3v) is 2.78. The Bertz CT molecular complexity index is 128. The molecule has 1 atom stereocenters. The minimum Gasteiger partial charge on any atom is -0.454 e. The van der Waals surface area contributed by atoms with Crippen LogP contribution in [0.25, 0.3) is 0 Å². The molecule has 1 unspecified atom stereocenters. The smallest absolute Gasteiger partial charge is 0.417 e. The first-order valence-electron chi connectivity index (χ1n) is 4.91. The quantitative estimate of drug-likeness (QED) is 0.646. The van der Waals surface area contributed by atoms with Crippen LogP contribution in [-0.2, 0) is 9.53 Å². The van der Waals surface area contributed by atoms with Crippen molar-refractivity contribution in [2.24, 2.45) is 5.92 Å². The van der Waals surface area contributed by atoms with Gasteiger partial charge in [-0.3, -0.25) is 0 Å². The third kappa shape index (κ3) is 2.50. The molecule has 0 N–H and O–H groups in total. The Kier molecular flexibility index (Phi) is 4.12. The van der Waals surface area contributed by atoms with Crippen molar-refractivity contribution in [2.45, 2.75) is 51.6 Å². The Morgan fingerprint density at radius 1 is 1.42 bits per heavy atom. The molecular formula is C10H17O2. The maximum Gasteiger partial charge on any atom is 0.417 e. The SMILES string of the molecule is CCC(O[C]=O)C1CCCCC1. The Morgan fingerprint density at radius 2 is 2.08 bits per heavy atom. The highest BCUT2D eigenvalue weighted by molar-refractivity contribution is 5.38. The molecule has 1 fully saturated rings. The van der Waals surface area contributed by atoms with Gasteiger partial charge in [-0.15, -0.1) is 0 Å². The van der Waals surface area contributed by atoms with E-state index in [9.17, 15) is 4.79 Å². The lowest BCUT2D eigenvalue weighted by Crippen LogP contribution is -2.24. The summed E-state index contributed by atoms with van der Waals surface area (Å²) in [5.74, 6) is 0.602. The molecule has 0 heterocycles. The van der Waals surface area contributed by atoms with Crippen molar-refractivity contribution in [1.82, 2.24) is 0 Å². The van der Waals surface area contributed by atoms with Crippen LogP contribution in [0.3, 0.4) is 0 Å². The maximum atomic E-state index is 10.1. The molecule has 0 aromatic carbocycles. The van der Waals surface area contributed by atoms with Crippen molar-refractivity contribution in [1.29, 1.82) is 0 Å². The van der Waals surface area contributed by atoms with E-state index in [0.717, 1.165) is 6.42 Å². The molecule has 0 spiro atoms. The average molecular weight is 169 g/mol. The second-order valence-electron chi connectivity index (χ2n) is 3.55. The molecule has 69 valence electrons. The molecule has 1 aliphatic carbocycles. The van der Waals surface area contributed by atoms with E-state index in [1.807, 2.05) is 0 Å². The molecule has 0 bridgehead atoms. The summed E-state index contributed by atoms with van der Waals surface area (Å²) in [6, 6.07) is 0. The maximum absolute atomic E-state index is 10.1. The van der Waals surface area contributed by atoms with Gasteiger partial charge in [0.05, 0.1) is 0 Å². The first kappa shape index (κ1) is 9.56. The van der Waals surface area contributed by atoms with Crippen molar-refractivity contribution >= 4 is 6.47 Å². The Morgan fingerprint density at radius 3 is 2.58 bits per heavy atom. The van der Waals surface area contributed by atoms with Crippen molar-refractivity contribution < 1.29 is 9.53 Å². The zero-order chi connectivity index (χ0) is 8.81. The predicted octanol–water partition coefficient (Wildman–Crippen LogP) is 2.43. The van der Waals surface area contributed by atoms with Crippen LogP contribution < -0.4 is 0 Å². The zero-order valence-electron chi connectivity index (χ0n) is 7.71. The highest BCUT2D eigenvalue weighted by atomic mass is 16.5. The van der Waals surface area contributed by atoms with Gasteiger partial charge in [-0.25, -0.2) is 4.79 Å². The van der Waals surface area contributed by atoms with Gasteiger partial charge in [0.1, 0.15) is 6.10 Å². The largest absolute Gasteiger partial charge is 0.454 e. The molecule has 0 saturated heterocycles. The second kappa shape index (κ2) is 5.18. The zero-order valence-corrected chi connectivity index (χ0v) is 7.71. The van der Waals surface area contributed by atoms with Crippen molar-refractivity contribution in [3.8, 4) is 0 Å². The van der Waals surface area contributed by atoms with Crippen LogP contribution in [0.2, 0.25) is 0 Å². The third-order valence-electron chi connectivity index (χ3n) is 2.78. The van der Waals surface area contributed by atoms with Gasteiger partial charge < -0.3 is 4.74 Å². The summed E-state index contributed by atoms with van der Waals surface area (Å²) in [7, 11) is 0. The molecule has 0 aliphatic heterocycles. The van der Waals surface area contributed by atoms with E-state index in [2.05, 4.69) is 6.92 Å². The number of hydrogen-bond donors (Lipinski definition) is 0. The van der Waals surface area contributed by atoms with Crippen LogP contribution in [0, 0.1) is 5.92 Å². The molecule has 12 heavy (non-hydrogen) atoms. The molecular weight excluding hydrogens is 152 g/mol. The van der Waals surface area contributed by atoms with Crippen LogP contribution in [0.4, 0.5) is 0 Å². The molecule has 1 rings (SSSR count). The normalized spacial score (nSPS) is 21.8. The van der Waals surface area contributed by atoms with Crippen LogP contribution in [0.1, 0.15) is 45.4 Å². The summed E-state index contributed by atoms with van der Waals surface area (Å²) < 4.78 is 4.93. The lowest BCUT2D eigenvalue weighted by molar-refractivity contribution is 0.0884. The molecule has 1 radical (unpaired) electrons. The van der Waals surface area contributed by atoms with Crippen LogP contribution >= 0.6 is 0 Å². The molecule has 2 heteroatoms. The molecule has 0 amide bonds. The van der Waals surface area contributed by atoms with E-state index in [1.165, 1.54) is 32.1 Å². The van der Waals surface area contributed by atoms with Gasteiger partial charge in [0.25, 0.3) is 0 Å². The van der Waals surface area contributed by atoms with E-state index in [1.54, 1.807) is 6.47 Å². The fourth-order valence-corrected chi connectivity index (χ4v) is 2.08. The van der Waals surface area contributed by atoms with Gasteiger partial charge in [-0.1, -0.05) is 26.2 Å². The minimum atomic E-state index is 0.128. The Hall–Kier alpha value is -0.530. The van der Waals surface area contributed by atoms with Gasteiger partial charge in [0, 0.05) is 0 Å². The molecule has 0 aromatic rings. The van der Waals surface area contributed by atoms with Gasteiger partial charge in [-0.05, 0) is 25.2 Å². The summed E-state index contributed by atoms with van der Waals surface area (Å²) in [5.41, 5.74) is 0. The first-order chi connectivity index (χ1) is 5.88. The lowest BCUT2D eigenvalue weighted by Gasteiger charge is -2.27. The van der Waals surface area contributed by atoms with Crippen LogP contribution in [0.5, 0.6) is 0 Å². The fraction of sp³-hybridized carbons (Fsp3) is 0.900. The Labute approximate surface area is 74.3 Å². The lowest BCUT2D eigenvalue weighted by atomic mass is 9.84. The summed E-state index contributed by atoms with van der Waals surface area (Å²) in [6.45, 7) is 3.63. The second-order valence-corrected chi connectivity index (χ2v) is 3.55. The van der Waals surface area contributed by atoms with E-state index in [4.69, 9.17) is 4.74 Å². The van der Waals surface area contributed by atoms with E-state index >= 15 is 0 Å². The minimum absolute atomic E-state index is 0.128. The molecule has 2 nitrogen and oxygen atoms in total. The first-order valence-corrected chi connectivity index (χ1v) is 4.91. The van der Waals surface area contributed by atoms with E-state index in [0.29, 0.717) is 5.92 Å². The Balaban J connectivity index is 2.34. The molecule has 1 saturated carbocycles. The standard InChI is InChI=1S/C10H17O2/c1-2-10(12-8-11)9-6-4-3-5-7-9/h9-10H,2-7H2,1H3. The van der Waals surface area contributed by atoms with Crippen LogP contribution in [0.15, 0.2) is 0 Å². The highest BCUT2D eigenvalue weighted by Crippen LogP contribution is 2.28. The van der Waals surface area contributed by atoms with Crippen molar-refractivity contribution in [2.75, 3.05) is 0 Å². The summed E-state index contributed by atoms with van der Waals surface area (Å²) in [6.07, 6.45) is 7.44. The average Bonchev–Trinajstić information content (AvgIpc) is 2.15.